The summed E-state index contributed by atoms with van der Waals surface area (Å²) >= 11 is 0. The molecule has 1 unspecified atom stereocenters. The predicted octanol–water partition coefficient (Wildman–Crippen LogP) is 3.68. The topological polar surface area (TPSA) is 57.6 Å². The molecule has 0 spiro atoms. The first-order valence-corrected chi connectivity index (χ1v) is 9.99. The molecule has 0 aliphatic heterocycles. The van der Waals surface area contributed by atoms with Gasteiger partial charge in [0.2, 0.25) is 5.60 Å². The second kappa shape index (κ2) is 7.15. The van der Waals surface area contributed by atoms with Crippen LogP contribution in [0.4, 0.5) is 18.9 Å². The Hall–Kier alpha value is -2.50. The van der Waals surface area contributed by atoms with Gasteiger partial charge in [-0.2, -0.15) is 13.2 Å². The fourth-order valence-electron chi connectivity index (χ4n) is 2.81. The van der Waals surface area contributed by atoms with Gasteiger partial charge in [-0.15, -0.1) is 6.42 Å². The molecule has 1 aliphatic rings. The highest BCUT2D eigenvalue weighted by Crippen LogP contribution is 2.40. The van der Waals surface area contributed by atoms with E-state index in [0.717, 1.165) is 29.3 Å². The molecule has 3 rings (SSSR count). The highest BCUT2D eigenvalue weighted by atomic mass is 32.2. The lowest BCUT2D eigenvalue weighted by molar-refractivity contribution is -0.240. The van der Waals surface area contributed by atoms with Crippen LogP contribution in [0.3, 0.4) is 0 Å². The summed E-state index contributed by atoms with van der Waals surface area (Å²) < 4.78 is 67.3. The summed E-state index contributed by atoms with van der Waals surface area (Å²) in [6, 6.07) is 12.3. The van der Waals surface area contributed by atoms with E-state index in [4.69, 9.17) is 6.42 Å². The molecule has 0 saturated heterocycles. The van der Waals surface area contributed by atoms with Crippen molar-refractivity contribution in [3.8, 4) is 12.3 Å². The number of alkyl halides is 3. The molecule has 2 aromatic rings. The third-order valence-electron chi connectivity index (χ3n) is 4.62. The molecule has 148 valence electrons. The monoisotopic (exact) mass is 409 g/mol. The highest BCUT2D eigenvalue weighted by molar-refractivity contribution is 7.92. The average Bonchev–Trinajstić information content (AvgIpc) is 3.49. The molecule has 1 atom stereocenters. The second-order valence-electron chi connectivity index (χ2n) is 6.70. The number of benzene rings is 2. The number of anilines is 1. The number of nitrogens with zero attached hydrogens (tertiary/aromatic N) is 1. The Bertz CT molecular complexity index is 995. The minimum atomic E-state index is -5.11. The summed E-state index contributed by atoms with van der Waals surface area (Å²) in [4.78, 5) is 0.0316. The van der Waals surface area contributed by atoms with E-state index < -0.39 is 27.4 Å². The van der Waals surface area contributed by atoms with Gasteiger partial charge in [-0.1, -0.05) is 36.3 Å². The van der Waals surface area contributed by atoms with E-state index in [1.165, 1.54) is 30.2 Å². The number of aliphatic hydroxyl groups is 1. The molecule has 1 N–H and O–H groups in total. The Labute approximate surface area is 161 Å². The van der Waals surface area contributed by atoms with Crippen LogP contribution in [-0.2, 0) is 15.6 Å². The Morgan fingerprint density at radius 2 is 1.75 bits per heavy atom. The molecule has 0 aromatic heterocycles. The lowest BCUT2D eigenvalue weighted by atomic mass is 9.93. The predicted molar refractivity (Wildman–Crippen MR) is 98.9 cm³/mol. The van der Waals surface area contributed by atoms with Crippen molar-refractivity contribution in [1.82, 2.24) is 0 Å². The van der Waals surface area contributed by atoms with Crippen LogP contribution in [0, 0.1) is 18.3 Å². The Balaban J connectivity index is 2.09. The van der Waals surface area contributed by atoms with Gasteiger partial charge in [-0.05, 0) is 43.0 Å². The molecule has 0 amide bonds. The van der Waals surface area contributed by atoms with Crippen LogP contribution < -0.4 is 4.31 Å². The fourth-order valence-corrected chi connectivity index (χ4v) is 4.37. The molecule has 1 saturated carbocycles. The van der Waals surface area contributed by atoms with Crippen LogP contribution in [0.5, 0.6) is 0 Å². The highest BCUT2D eigenvalue weighted by Gasteiger charge is 2.54. The maximum atomic E-state index is 13.3. The summed E-state index contributed by atoms with van der Waals surface area (Å²) in [5.41, 5.74) is -4.10. The maximum absolute atomic E-state index is 13.3. The quantitative estimate of drug-likeness (QED) is 0.741. The van der Waals surface area contributed by atoms with Gasteiger partial charge in [-0.3, -0.25) is 4.31 Å². The molecular formula is C20H18F3NO3S. The Morgan fingerprint density at radius 1 is 1.11 bits per heavy atom. The summed E-state index contributed by atoms with van der Waals surface area (Å²) in [5.74, 6) is 1.52. The van der Waals surface area contributed by atoms with Gasteiger partial charge in [-0.25, -0.2) is 8.42 Å². The van der Waals surface area contributed by atoms with Gasteiger partial charge in [0.25, 0.3) is 10.0 Å². The third kappa shape index (κ3) is 3.73. The van der Waals surface area contributed by atoms with Crippen LogP contribution in [0.25, 0.3) is 0 Å². The molecule has 1 aliphatic carbocycles. The van der Waals surface area contributed by atoms with Gasteiger partial charge < -0.3 is 5.11 Å². The number of terminal acetylenes is 1. The van der Waals surface area contributed by atoms with E-state index >= 15 is 0 Å². The number of hydrogen-bond donors (Lipinski definition) is 1. The van der Waals surface area contributed by atoms with Gasteiger partial charge in [0.05, 0.1) is 10.6 Å². The van der Waals surface area contributed by atoms with Crippen LogP contribution in [0.1, 0.15) is 18.4 Å². The molecule has 8 heteroatoms. The zero-order valence-corrected chi connectivity index (χ0v) is 15.5. The van der Waals surface area contributed by atoms with Crippen molar-refractivity contribution in [1.29, 1.82) is 0 Å². The number of hydrogen-bond acceptors (Lipinski definition) is 3. The summed E-state index contributed by atoms with van der Waals surface area (Å²) in [6.45, 7) is 0.140. The van der Waals surface area contributed by atoms with Gasteiger partial charge in [0.15, 0.2) is 0 Å². The van der Waals surface area contributed by atoms with E-state index in [2.05, 4.69) is 0 Å². The number of rotatable bonds is 6. The minimum Gasteiger partial charge on any atom is -0.366 e. The second-order valence-corrected chi connectivity index (χ2v) is 8.56. The first-order chi connectivity index (χ1) is 13.1. The molecular weight excluding hydrogens is 391 g/mol. The molecule has 28 heavy (non-hydrogen) atoms. The van der Waals surface area contributed by atoms with Crippen molar-refractivity contribution in [2.24, 2.45) is 5.92 Å². The van der Waals surface area contributed by atoms with E-state index in [1.807, 2.05) is 0 Å². The Kier molecular flexibility index (Phi) is 5.17. The lowest BCUT2D eigenvalue weighted by Crippen LogP contribution is -2.41. The van der Waals surface area contributed by atoms with Crippen molar-refractivity contribution >= 4 is 15.7 Å². The average molecular weight is 409 g/mol. The molecule has 2 aromatic carbocycles. The van der Waals surface area contributed by atoms with Crippen molar-refractivity contribution in [3.63, 3.8) is 0 Å². The van der Waals surface area contributed by atoms with Gasteiger partial charge in [0.1, 0.15) is 0 Å². The van der Waals surface area contributed by atoms with Gasteiger partial charge >= 0.3 is 6.18 Å². The largest absolute Gasteiger partial charge is 0.433 e. The van der Waals surface area contributed by atoms with Crippen molar-refractivity contribution in [3.05, 3.63) is 60.2 Å². The molecule has 0 radical (unpaired) electrons. The molecule has 0 heterocycles. The summed E-state index contributed by atoms with van der Waals surface area (Å²) in [6.07, 6.45) is 1.55. The minimum absolute atomic E-state index is 0.0196. The van der Waals surface area contributed by atoms with Crippen LogP contribution in [-0.4, -0.2) is 26.2 Å². The van der Waals surface area contributed by atoms with E-state index in [-0.39, 0.29) is 23.0 Å². The SMILES string of the molecule is C#CC(O)(c1cccc(N(CC2CC2)S(=O)(=O)c2ccccc2)c1)C(F)(F)F. The molecule has 0 bridgehead atoms. The standard InChI is InChI=1S/C20H18F3NO3S/c1-2-19(25,20(21,22)23)16-7-6-8-17(13-16)24(14-15-11-12-15)28(26,27)18-9-4-3-5-10-18/h1,3-10,13,15,25H,11-12,14H2. The summed E-state index contributed by atoms with van der Waals surface area (Å²) in [5, 5.41) is 10.0. The zero-order chi connectivity index (χ0) is 20.6. The first kappa shape index (κ1) is 20.2. The normalized spacial score (nSPS) is 16.8. The zero-order valence-electron chi connectivity index (χ0n) is 14.7. The summed E-state index contributed by atoms with van der Waals surface area (Å²) in [7, 11) is -3.99. The van der Waals surface area contributed by atoms with Crippen LogP contribution in [0.15, 0.2) is 59.5 Å². The molecule has 1 fully saturated rings. The van der Waals surface area contributed by atoms with Crippen LogP contribution in [0.2, 0.25) is 0 Å². The van der Waals surface area contributed by atoms with Crippen molar-refractivity contribution in [2.75, 3.05) is 10.8 Å². The molecule has 4 nitrogen and oxygen atoms in total. The number of halogens is 3. The van der Waals surface area contributed by atoms with Gasteiger partial charge in [0, 0.05) is 12.1 Å². The third-order valence-corrected chi connectivity index (χ3v) is 6.43. The van der Waals surface area contributed by atoms with Crippen molar-refractivity contribution in [2.45, 2.75) is 29.5 Å². The van der Waals surface area contributed by atoms with E-state index in [9.17, 15) is 26.7 Å². The van der Waals surface area contributed by atoms with Crippen molar-refractivity contribution < 1.29 is 26.7 Å². The smallest absolute Gasteiger partial charge is 0.366 e. The first-order valence-electron chi connectivity index (χ1n) is 8.55. The lowest BCUT2D eigenvalue weighted by Gasteiger charge is -2.28. The maximum Gasteiger partial charge on any atom is 0.433 e. The van der Waals surface area contributed by atoms with E-state index in [0.29, 0.717) is 0 Å². The Morgan fingerprint density at radius 3 is 2.29 bits per heavy atom. The van der Waals surface area contributed by atoms with E-state index in [1.54, 1.807) is 18.2 Å². The fraction of sp³-hybridized carbons (Fsp3) is 0.300. The van der Waals surface area contributed by atoms with Crippen LogP contribution >= 0.6 is 0 Å². The number of sulfonamides is 1.